The second kappa shape index (κ2) is 56.5. The summed E-state index contributed by atoms with van der Waals surface area (Å²) < 4.78 is 5.95. The third-order valence-corrected chi connectivity index (χ3v) is 13.6. The third kappa shape index (κ3) is 51.7. The van der Waals surface area contributed by atoms with E-state index >= 15 is 0 Å². The van der Waals surface area contributed by atoms with E-state index in [4.69, 9.17) is 4.74 Å². The van der Waals surface area contributed by atoms with Crippen LogP contribution in [0, 0.1) is 0 Å². The van der Waals surface area contributed by atoms with Crippen molar-refractivity contribution in [3.8, 4) is 0 Å². The standard InChI is InChI=1S/C63H115NO5/c1-4-7-10-13-16-19-22-25-28-30-31-32-35-38-41-44-47-50-53-56-63(68)69-59(54-51-48-45-42-39-36-33-27-24-21-18-15-12-9-6-3)57-62(67)64-60(58-65)61(66)55-52-49-46-43-40-37-34-29-26-23-20-17-14-11-8-5-2/h16,18-19,21,25,27-28,33,39,42,59-61,65-66H,4-15,17,20,22-24,26,29-32,34-38,40-41,43-58H2,1-3H3,(H,64,67)/b19-16-,21-18-,28-25-,33-27-,42-39-. The molecule has 3 unspecified atom stereocenters. The molecule has 6 heteroatoms. The molecule has 3 N–H and O–H groups in total. The number of allylic oxidation sites excluding steroid dienone is 10. The van der Waals surface area contributed by atoms with Crippen LogP contribution in [0.4, 0.5) is 0 Å². The molecule has 0 aliphatic carbocycles. The molecule has 0 aliphatic rings. The molecule has 0 saturated carbocycles. The van der Waals surface area contributed by atoms with Gasteiger partial charge in [-0.1, -0.05) is 255 Å². The van der Waals surface area contributed by atoms with Crippen molar-refractivity contribution in [2.24, 2.45) is 0 Å². The molecule has 0 aromatic carbocycles. The van der Waals surface area contributed by atoms with E-state index in [-0.39, 0.29) is 24.9 Å². The van der Waals surface area contributed by atoms with Crippen LogP contribution < -0.4 is 5.32 Å². The van der Waals surface area contributed by atoms with Gasteiger partial charge in [-0.2, -0.15) is 0 Å². The minimum atomic E-state index is -0.801. The fraction of sp³-hybridized carbons (Fsp3) is 0.810. The second-order valence-corrected chi connectivity index (χ2v) is 20.4. The van der Waals surface area contributed by atoms with Crippen LogP contribution in [0.15, 0.2) is 60.8 Å². The van der Waals surface area contributed by atoms with Gasteiger partial charge in [-0.25, -0.2) is 0 Å². The summed E-state index contributed by atoms with van der Waals surface area (Å²) >= 11 is 0. The molecular formula is C63H115NO5. The molecule has 0 radical (unpaired) electrons. The number of aliphatic hydroxyl groups is 2. The molecular weight excluding hydrogens is 851 g/mol. The van der Waals surface area contributed by atoms with Crippen LogP contribution in [-0.4, -0.2) is 46.9 Å². The molecule has 0 fully saturated rings. The molecule has 0 aromatic rings. The van der Waals surface area contributed by atoms with Gasteiger partial charge in [-0.15, -0.1) is 0 Å². The highest BCUT2D eigenvalue weighted by atomic mass is 16.5. The van der Waals surface area contributed by atoms with Crippen LogP contribution in [0.3, 0.4) is 0 Å². The minimum Gasteiger partial charge on any atom is -0.462 e. The van der Waals surface area contributed by atoms with Gasteiger partial charge in [0.15, 0.2) is 0 Å². The zero-order valence-electron chi connectivity index (χ0n) is 45.9. The lowest BCUT2D eigenvalue weighted by Gasteiger charge is -2.24. The first-order chi connectivity index (χ1) is 34.0. The zero-order valence-corrected chi connectivity index (χ0v) is 45.9. The summed E-state index contributed by atoms with van der Waals surface area (Å²) in [6.07, 6.45) is 71.4. The SMILES string of the molecule is CCCCC/C=C\C/C=C\C/C=C\CCCCC(CC(=O)NC(CO)C(O)CCCCCCCCCCCCCCCCCC)OC(=O)CCCCCCCCCCC/C=C\C/C=C\CCCCC. The summed E-state index contributed by atoms with van der Waals surface area (Å²) in [4.78, 5) is 26.3. The lowest BCUT2D eigenvalue weighted by atomic mass is 10.0. The number of rotatable bonds is 54. The summed E-state index contributed by atoms with van der Waals surface area (Å²) in [7, 11) is 0. The number of ether oxygens (including phenoxy) is 1. The van der Waals surface area contributed by atoms with Gasteiger partial charge < -0.3 is 20.3 Å². The Labute approximate surface area is 428 Å². The molecule has 0 spiro atoms. The maximum absolute atomic E-state index is 13.3. The normalized spacial score (nSPS) is 13.5. The highest BCUT2D eigenvalue weighted by molar-refractivity contribution is 5.77. The van der Waals surface area contributed by atoms with Gasteiger partial charge in [0.1, 0.15) is 6.10 Å². The average molecular weight is 967 g/mol. The van der Waals surface area contributed by atoms with Gasteiger partial charge in [0, 0.05) is 6.42 Å². The maximum Gasteiger partial charge on any atom is 0.306 e. The quantitative estimate of drug-likeness (QED) is 0.0321. The number of nitrogens with one attached hydrogen (secondary N) is 1. The van der Waals surface area contributed by atoms with E-state index in [1.807, 2.05) is 0 Å². The van der Waals surface area contributed by atoms with Crippen LogP contribution in [0.1, 0.15) is 303 Å². The Kier molecular flexibility index (Phi) is 54.5. The van der Waals surface area contributed by atoms with E-state index in [1.54, 1.807) is 0 Å². The fourth-order valence-electron chi connectivity index (χ4n) is 9.00. The number of amides is 1. The van der Waals surface area contributed by atoms with E-state index in [2.05, 4.69) is 86.8 Å². The summed E-state index contributed by atoms with van der Waals surface area (Å²) in [5, 5.41) is 23.9. The number of hydrogen-bond acceptors (Lipinski definition) is 5. The maximum atomic E-state index is 13.3. The topological polar surface area (TPSA) is 95.9 Å². The van der Waals surface area contributed by atoms with E-state index in [0.29, 0.717) is 19.3 Å². The van der Waals surface area contributed by atoms with Gasteiger partial charge in [-0.3, -0.25) is 9.59 Å². The zero-order chi connectivity index (χ0) is 50.2. The highest BCUT2D eigenvalue weighted by Gasteiger charge is 2.24. The van der Waals surface area contributed by atoms with Crippen molar-refractivity contribution in [1.29, 1.82) is 0 Å². The summed E-state index contributed by atoms with van der Waals surface area (Å²) in [5.74, 6) is -0.507. The molecule has 0 heterocycles. The van der Waals surface area contributed by atoms with Crippen molar-refractivity contribution in [1.82, 2.24) is 5.32 Å². The number of unbranched alkanes of at least 4 members (excludes halogenated alkanes) is 32. The fourth-order valence-corrected chi connectivity index (χ4v) is 9.00. The van der Waals surface area contributed by atoms with Gasteiger partial charge in [0.2, 0.25) is 5.91 Å². The first kappa shape index (κ1) is 66.6. The van der Waals surface area contributed by atoms with Crippen molar-refractivity contribution in [3.63, 3.8) is 0 Å². The van der Waals surface area contributed by atoms with E-state index < -0.39 is 18.2 Å². The molecule has 0 rings (SSSR count). The van der Waals surface area contributed by atoms with Crippen molar-refractivity contribution in [3.05, 3.63) is 60.8 Å². The molecule has 69 heavy (non-hydrogen) atoms. The van der Waals surface area contributed by atoms with Crippen molar-refractivity contribution < 1.29 is 24.5 Å². The third-order valence-electron chi connectivity index (χ3n) is 13.6. The molecule has 0 aromatic heterocycles. The minimum absolute atomic E-state index is 0.0501. The van der Waals surface area contributed by atoms with Crippen molar-refractivity contribution in [2.45, 2.75) is 322 Å². The van der Waals surface area contributed by atoms with Crippen molar-refractivity contribution in [2.75, 3.05) is 6.61 Å². The van der Waals surface area contributed by atoms with Crippen LogP contribution in [0.2, 0.25) is 0 Å². The molecule has 3 atom stereocenters. The smallest absolute Gasteiger partial charge is 0.306 e. The van der Waals surface area contributed by atoms with E-state index in [9.17, 15) is 19.8 Å². The Bertz CT molecular complexity index is 1220. The first-order valence-electron chi connectivity index (χ1n) is 30.0. The monoisotopic (exact) mass is 966 g/mol. The van der Waals surface area contributed by atoms with E-state index in [0.717, 1.165) is 77.0 Å². The average Bonchev–Trinajstić information content (AvgIpc) is 3.34. The molecule has 6 nitrogen and oxygen atoms in total. The van der Waals surface area contributed by atoms with Crippen LogP contribution in [0.5, 0.6) is 0 Å². The van der Waals surface area contributed by atoms with Crippen LogP contribution in [-0.2, 0) is 14.3 Å². The molecule has 0 aliphatic heterocycles. The predicted molar refractivity (Wildman–Crippen MR) is 301 cm³/mol. The second-order valence-electron chi connectivity index (χ2n) is 20.4. The first-order valence-corrected chi connectivity index (χ1v) is 30.0. The van der Waals surface area contributed by atoms with Crippen molar-refractivity contribution >= 4 is 11.9 Å². The van der Waals surface area contributed by atoms with Gasteiger partial charge in [-0.05, 0) is 96.3 Å². The number of carbonyl (C=O) groups is 2. The lowest BCUT2D eigenvalue weighted by molar-refractivity contribution is -0.151. The van der Waals surface area contributed by atoms with Gasteiger partial charge >= 0.3 is 5.97 Å². The summed E-state index contributed by atoms with van der Waals surface area (Å²) in [6.45, 7) is 6.45. The van der Waals surface area contributed by atoms with Crippen LogP contribution >= 0.6 is 0 Å². The molecule has 0 bridgehead atoms. The summed E-state index contributed by atoms with van der Waals surface area (Å²) in [5.41, 5.74) is 0. The Morgan fingerprint density at radius 1 is 0.420 bits per heavy atom. The number of aliphatic hydroxyl groups excluding tert-OH is 2. The van der Waals surface area contributed by atoms with E-state index in [1.165, 1.54) is 180 Å². The van der Waals surface area contributed by atoms with Gasteiger partial charge in [0.05, 0.1) is 25.2 Å². The van der Waals surface area contributed by atoms with Crippen LogP contribution in [0.25, 0.3) is 0 Å². The number of esters is 1. The lowest BCUT2D eigenvalue weighted by Crippen LogP contribution is -2.46. The number of carbonyl (C=O) groups excluding carboxylic acids is 2. The Balaban J connectivity index is 4.58. The Hall–Kier alpha value is -2.44. The Morgan fingerprint density at radius 2 is 0.739 bits per heavy atom. The highest BCUT2D eigenvalue weighted by Crippen LogP contribution is 2.18. The molecule has 1 amide bonds. The largest absolute Gasteiger partial charge is 0.462 e. The predicted octanol–water partition coefficient (Wildman–Crippen LogP) is 18.7. The van der Waals surface area contributed by atoms with Gasteiger partial charge in [0.25, 0.3) is 0 Å². The Morgan fingerprint density at radius 3 is 1.16 bits per heavy atom. The molecule has 402 valence electrons. The number of hydrogen-bond donors (Lipinski definition) is 3. The molecule has 0 saturated heterocycles. The summed E-state index contributed by atoms with van der Waals surface area (Å²) in [6, 6.07) is -0.717.